The molecule has 0 bridgehead atoms. The van der Waals surface area contributed by atoms with Gasteiger partial charge < -0.3 is 15.0 Å². The van der Waals surface area contributed by atoms with Crippen LogP contribution < -0.4 is 10.1 Å². The van der Waals surface area contributed by atoms with Crippen LogP contribution in [0.3, 0.4) is 0 Å². The zero-order valence-corrected chi connectivity index (χ0v) is 21.5. The Hall–Kier alpha value is -3.12. The monoisotopic (exact) mass is 522 g/mol. The van der Waals surface area contributed by atoms with Gasteiger partial charge in [0.25, 0.3) is 5.91 Å². The molecule has 0 heterocycles. The Bertz CT molecular complexity index is 1100. The van der Waals surface area contributed by atoms with Crippen molar-refractivity contribution in [3.05, 3.63) is 99.5 Å². The first-order valence-corrected chi connectivity index (χ1v) is 12.2. The molecule has 1 N–H and O–H groups in total. The molecule has 0 spiro atoms. The van der Waals surface area contributed by atoms with Crippen LogP contribution in [-0.2, 0) is 22.6 Å². The van der Waals surface area contributed by atoms with Gasteiger partial charge in [0, 0.05) is 24.0 Å². The quantitative estimate of drug-likeness (QED) is 0.397. The molecule has 0 saturated carbocycles. The third-order valence-electron chi connectivity index (χ3n) is 5.73. The zero-order valence-electron chi connectivity index (χ0n) is 19.9. The number of nitrogens with one attached hydrogen (secondary N) is 1. The van der Waals surface area contributed by atoms with Crippen molar-refractivity contribution < 1.29 is 14.3 Å². The van der Waals surface area contributed by atoms with Crippen LogP contribution in [0, 0.1) is 13.8 Å². The minimum absolute atomic E-state index is 0.149. The fourth-order valence-corrected chi connectivity index (χ4v) is 3.93. The van der Waals surface area contributed by atoms with Gasteiger partial charge in [-0.25, -0.2) is 0 Å². The number of amides is 2. The van der Waals surface area contributed by atoms with Crippen LogP contribution in [-0.4, -0.2) is 35.9 Å². The van der Waals surface area contributed by atoms with Crippen molar-refractivity contribution in [3.8, 4) is 5.75 Å². The molecule has 1 atom stereocenters. The van der Waals surface area contributed by atoms with Gasteiger partial charge in [-0.1, -0.05) is 64.5 Å². The number of nitrogens with zero attached hydrogens (tertiary/aromatic N) is 1. The molecule has 3 aromatic carbocycles. The molecule has 0 unspecified atom stereocenters. The molecule has 3 rings (SSSR count). The van der Waals surface area contributed by atoms with E-state index in [9.17, 15) is 9.59 Å². The average Bonchev–Trinajstić information content (AvgIpc) is 2.84. The summed E-state index contributed by atoms with van der Waals surface area (Å²) in [5.74, 6) is 0.217. The van der Waals surface area contributed by atoms with Crippen LogP contribution in [0.2, 0.25) is 0 Å². The highest BCUT2D eigenvalue weighted by Crippen LogP contribution is 2.19. The smallest absolute Gasteiger partial charge is 0.261 e. The lowest BCUT2D eigenvalue weighted by molar-refractivity contribution is -0.142. The molecule has 3 aromatic rings. The first-order chi connectivity index (χ1) is 16.4. The molecule has 6 heteroatoms. The Labute approximate surface area is 210 Å². The molecule has 0 aliphatic rings. The van der Waals surface area contributed by atoms with Crippen LogP contribution in [0.4, 0.5) is 0 Å². The number of carbonyl (C=O) groups excluding carboxylic acids is 2. The van der Waals surface area contributed by atoms with E-state index in [1.165, 1.54) is 0 Å². The molecule has 0 aliphatic carbocycles. The first kappa shape index (κ1) is 25.5. The highest BCUT2D eigenvalue weighted by Gasteiger charge is 2.30. The molecule has 5 nitrogen and oxygen atoms in total. The normalized spacial score (nSPS) is 11.5. The summed E-state index contributed by atoms with van der Waals surface area (Å²) in [6, 6.07) is 22.6. The van der Waals surface area contributed by atoms with Gasteiger partial charge in [-0.15, -0.1) is 0 Å². The first-order valence-electron chi connectivity index (χ1n) is 11.4. The lowest BCUT2D eigenvalue weighted by Crippen LogP contribution is -2.51. The minimum atomic E-state index is -0.665. The molecule has 2 amide bonds. The number of hydrogen-bond donors (Lipinski definition) is 1. The highest BCUT2D eigenvalue weighted by atomic mass is 79.9. The number of hydrogen-bond acceptors (Lipinski definition) is 3. The van der Waals surface area contributed by atoms with Gasteiger partial charge in [0.05, 0.1) is 0 Å². The topological polar surface area (TPSA) is 58.6 Å². The number of likely N-dealkylation sites (N-methyl/N-ethyl adjacent to an activating group) is 1. The summed E-state index contributed by atoms with van der Waals surface area (Å²) >= 11 is 3.45. The van der Waals surface area contributed by atoms with E-state index >= 15 is 0 Å². The Morgan fingerprint density at radius 3 is 2.29 bits per heavy atom. The van der Waals surface area contributed by atoms with Gasteiger partial charge in [-0.05, 0) is 67.3 Å². The minimum Gasteiger partial charge on any atom is -0.484 e. The lowest BCUT2D eigenvalue weighted by Gasteiger charge is -2.31. The van der Waals surface area contributed by atoms with Crippen LogP contribution in [0.25, 0.3) is 0 Å². The van der Waals surface area contributed by atoms with E-state index in [-0.39, 0.29) is 18.4 Å². The fourth-order valence-electron chi connectivity index (χ4n) is 3.66. The molecule has 34 heavy (non-hydrogen) atoms. The van der Waals surface area contributed by atoms with E-state index in [1.807, 2.05) is 93.6 Å². The summed E-state index contributed by atoms with van der Waals surface area (Å²) in [7, 11) is 0. The molecule has 0 aromatic heterocycles. The molecule has 0 radical (unpaired) electrons. The van der Waals surface area contributed by atoms with Gasteiger partial charge >= 0.3 is 0 Å². The van der Waals surface area contributed by atoms with Crippen molar-refractivity contribution in [2.45, 2.75) is 39.8 Å². The number of benzene rings is 3. The number of ether oxygens (including phenoxy) is 1. The zero-order chi connectivity index (χ0) is 24.5. The largest absolute Gasteiger partial charge is 0.484 e. The van der Waals surface area contributed by atoms with Gasteiger partial charge in [0.15, 0.2) is 6.61 Å². The Balaban J connectivity index is 1.88. The fraction of sp³-hybridized carbons (Fsp3) is 0.286. The van der Waals surface area contributed by atoms with Crippen molar-refractivity contribution in [2.24, 2.45) is 0 Å². The van der Waals surface area contributed by atoms with E-state index in [4.69, 9.17) is 4.74 Å². The summed E-state index contributed by atoms with van der Waals surface area (Å²) in [6.07, 6.45) is 0.415. The van der Waals surface area contributed by atoms with Crippen molar-refractivity contribution >= 4 is 27.7 Å². The van der Waals surface area contributed by atoms with Gasteiger partial charge in [0.1, 0.15) is 11.8 Å². The third-order valence-corrected chi connectivity index (χ3v) is 6.26. The van der Waals surface area contributed by atoms with E-state index in [1.54, 1.807) is 4.90 Å². The second-order valence-electron chi connectivity index (χ2n) is 8.28. The van der Waals surface area contributed by atoms with Crippen LogP contribution in [0.15, 0.2) is 77.3 Å². The second-order valence-corrected chi connectivity index (χ2v) is 9.20. The Kier molecular flexibility index (Phi) is 9.28. The van der Waals surface area contributed by atoms with Crippen molar-refractivity contribution in [1.29, 1.82) is 0 Å². The average molecular weight is 523 g/mol. The third kappa shape index (κ3) is 7.19. The van der Waals surface area contributed by atoms with Crippen molar-refractivity contribution in [1.82, 2.24) is 10.2 Å². The molecule has 178 valence electrons. The van der Waals surface area contributed by atoms with Crippen LogP contribution >= 0.6 is 15.9 Å². The number of aryl methyl sites for hydroxylation is 2. The van der Waals surface area contributed by atoms with E-state index in [0.29, 0.717) is 25.3 Å². The summed E-state index contributed by atoms with van der Waals surface area (Å²) in [6.45, 7) is 6.56. The van der Waals surface area contributed by atoms with Crippen molar-refractivity contribution in [3.63, 3.8) is 0 Å². The molecular formula is C28H31BrN2O3. The summed E-state index contributed by atoms with van der Waals surface area (Å²) in [5.41, 5.74) is 4.18. The SMILES string of the molecule is CCNC(=O)[C@@H](Cc1ccccc1)N(Cc1ccc(Br)cc1)C(=O)COc1ccc(C)c(C)c1. The van der Waals surface area contributed by atoms with E-state index < -0.39 is 6.04 Å². The Morgan fingerprint density at radius 2 is 1.65 bits per heavy atom. The second kappa shape index (κ2) is 12.4. The van der Waals surface area contributed by atoms with E-state index in [2.05, 4.69) is 21.2 Å². The maximum atomic E-state index is 13.5. The molecule has 0 saturated heterocycles. The summed E-state index contributed by atoms with van der Waals surface area (Å²) in [5, 5.41) is 2.90. The molecular weight excluding hydrogens is 492 g/mol. The standard InChI is InChI=1S/C28H31BrN2O3/c1-4-30-28(33)26(17-22-8-6-5-7-9-22)31(18-23-11-13-24(29)14-12-23)27(32)19-34-25-15-10-20(2)21(3)16-25/h5-16,26H,4,17-19H2,1-3H3,(H,30,33)/t26-/m1/s1. The number of carbonyl (C=O) groups is 2. The summed E-state index contributed by atoms with van der Waals surface area (Å²) in [4.78, 5) is 28.3. The van der Waals surface area contributed by atoms with Crippen LogP contribution in [0.1, 0.15) is 29.2 Å². The highest BCUT2D eigenvalue weighted by molar-refractivity contribution is 9.10. The predicted molar refractivity (Wildman–Crippen MR) is 139 cm³/mol. The van der Waals surface area contributed by atoms with E-state index in [0.717, 1.165) is 26.7 Å². The lowest BCUT2D eigenvalue weighted by atomic mass is 10.0. The maximum absolute atomic E-state index is 13.5. The van der Waals surface area contributed by atoms with Gasteiger partial charge in [0.2, 0.25) is 5.91 Å². The number of rotatable bonds is 10. The molecule has 0 fully saturated rings. The maximum Gasteiger partial charge on any atom is 0.261 e. The summed E-state index contributed by atoms with van der Waals surface area (Å²) < 4.78 is 6.81. The molecule has 0 aliphatic heterocycles. The number of halogens is 1. The van der Waals surface area contributed by atoms with Crippen molar-refractivity contribution in [2.75, 3.05) is 13.2 Å². The van der Waals surface area contributed by atoms with Gasteiger partial charge in [-0.2, -0.15) is 0 Å². The van der Waals surface area contributed by atoms with Gasteiger partial charge in [-0.3, -0.25) is 9.59 Å². The Morgan fingerprint density at radius 1 is 0.941 bits per heavy atom. The van der Waals surface area contributed by atoms with Crippen LogP contribution in [0.5, 0.6) is 5.75 Å². The predicted octanol–water partition coefficient (Wildman–Crippen LogP) is 5.22.